The average Bonchev–Trinajstić information content (AvgIpc) is 3.78. The average molecular weight is 719 g/mol. The molecule has 0 saturated carbocycles. The van der Waals surface area contributed by atoms with E-state index in [4.69, 9.17) is 0 Å². The van der Waals surface area contributed by atoms with Crippen LogP contribution in [0.5, 0.6) is 0 Å². The Balaban J connectivity index is 1.07. The van der Waals surface area contributed by atoms with Gasteiger partial charge in [-0.05, 0) is 116 Å². The highest BCUT2D eigenvalue weighted by Gasteiger charge is 2.40. The van der Waals surface area contributed by atoms with Crippen LogP contribution < -0.4 is 4.90 Å². The van der Waals surface area contributed by atoms with Gasteiger partial charge in [-0.1, -0.05) is 149 Å². The Morgan fingerprint density at radius 1 is 0.393 bits per heavy atom. The van der Waals surface area contributed by atoms with Crippen LogP contribution in [0.25, 0.3) is 60.9 Å². The summed E-state index contributed by atoms with van der Waals surface area (Å²) < 4.78 is 2.38. The molecule has 0 atom stereocenters. The summed E-state index contributed by atoms with van der Waals surface area (Å²) in [6, 6.07) is 67.5. The maximum atomic E-state index is 2.51. The predicted molar refractivity (Wildman–Crippen MR) is 236 cm³/mol. The molecule has 0 aliphatic heterocycles. The minimum atomic E-state index is -0.165. The van der Waals surface area contributed by atoms with E-state index in [9.17, 15) is 0 Å². The Bertz CT molecular complexity index is 3020. The topological polar surface area (TPSA) is 8.17 Å². The van der Waals surface area contributed by atoms with E-state index in [2.05, 4.69) is 219 Å². The van der Waals surface area contributed by atoms with Crippen LogP contribution in [0.15, 0.2) is 182 Å². The number of hydrogen-bond acceptors (Lipinski definition) is 1. The molecule has 0 bridgehead atoms. The van der Waals surface area contributed by atoms with E-state index in [0.29, 0.717) is 0 Å². The Morgan fingerprint density at radius 2 is 0.982 bits per heavy atom. The lowest BCUT2D eigenvalue weighted by atomic mass is 9.81. The van der Waals surface area contributed by atoms with E-state index < -0.39 is 0 Å². The molecule has 0 radical (unpaired) electrons. The van der Waals surface area contributed by atoms with Gasteiger partial charge in [0.25, 0.3) is 0 Å². The highest BCUT2D eigenvalue weighted by Crippen LogP contribution is 2.55. The van der Waals surface area contributed by atoms with Gasteiger partial charge < -0.3 is 9.47 Å². The number of fused-ring (bicyclic) bond motifs is 9. The Kier molecular flexibility index (Phi) is 6.98. The molecule has 11 rings (SSSR count). The van der Waals surface area contributed by atoms with Crippen LogP contribution in [-0.4, -0.2) is 4.57 Å². The van der Waals surface area contributed by atoms with Crippen molar-refractivity contribution < 1.29 is 0 Å². The molecule has 268 valence electrons. The van der Waals surface area contributed by atoms with Gasteiger partial charge in [0.2, 0.25) is 0 Å². The van der Waals surface area contributed by atoms with E-state index in [-0.39, 0.29) is 10.8 Å². The summed E-state index contributed by atoms with van der Waals surface area (Å²) in [5, 5.41) is 2.52. The molecule has 2 nitrogen and oxygen atoms in total. The third-order valence-electron chi connectivity index (χ3n) is 12.8. The molecule has 0 spiro atoms. The minimum absolute atomic E-state index is 0.103. The van der Waals surface area contributed by atoms with Crippen LogP contribution in [0.1, 0.15) is 49.9 Å². The van der Waals surface area contributed by atoms with Crippen molar-refractivity contribution in [3.63, 3.8) is 0 Å². The summed E-state index contributed by atoms with van der Waals surface area (Å²) >= 11 is 0. The largest absolute Gasteiger partial charge is 0.310 e. The zero-order valence-electron chi connectivity index (χ0n) is 32.2. The number of benzene rings is 8. The number of nitrogens with zero attached hydrogens (tertiary/aromatic N) is 2. The van der Waals surface area contributed by atoms with Crippen LogP contribution in [0, 0.1) is 0 Å². The maximum absolute atomic E-state index is 2.51. The summed E-state index contributed by atoms with van der Waals surface area (Å²) in [5.41, 5.74) is 20.1. The normalized spacial score (nSPS) is 14.4. The molecule has 2 heteroatoms. The standard InChI is InChI=1S/C54H42N2/c1-53(2)46-21-11-8-17-40(46)42-31-30-39(34-48(42)53)55(51-24-14-20-44-41-18-9-12-22-47(41)54(3,4)52(44)51)38-28-25-35(26-29-38)36-27-32-50-45(33-36)43-19-10-13-23-49(43)56(50)37-15-6-5-7-16-37/h5-34H,1-4H3. The lowest BCUT2D eigenvalue weighted by Gasteiger charge is -2.33. The molecule has 9 aromatic rings. The monoisotopic (exact) mass is 718 g/mol. The highest BCUT2D eigenvalue weighted by molar-refractivity contribution is 6.10. The smallest absolute Gasteiger partial charge is 0.0541 e. The second-order valence-corrected chi connectivity index (χ2v) is 16.6. The third kappa shape index (κ3) is 4.62. The SMILES string of the molecule is CC1(C)c2ccccc2-c2ccc(N(c3ccc(-c4ccc5c(c4)c4ccccc4n5-c4ccccc4)cc3)c3cccc4c3C(C)(C)c3ccccc3-4)cc21. The zero-order chi connectivity index (χ0) is 37.8. The summed E-state index contributed by atoms with van der Waals surface area (Å²) in [5.74, 6) is 0. The lowest BCUT2D eigenvalue weighted by Crippen LogP contribution is -2.21. The van der Waals surface area contributed by atoms with Gasteiger partial charge in [-0.15, -0.1) is 0 Å². The van der Waals surface area contributed by atoms with Crippen LogP contribution in [-0.2, 0) is 10.8 Å². The van der Waals surface area contributed by atoms with Gasteiger partial charge in [-0.3, -0.25) is 0 Å². The van der Waals surface area contributed by atoms with Crippen molar-refractivity contribution in [2.24, 2.45) is 0 Å². The van der Waals surface area contributed by atoms with Gasteiger partial charge in [-0.2, -0.15) is 0 Å². The Morgan fingerprint density at radius 3 is 1.77 bits per heavy atom. The molecule has 2 aliphatic carbocycles. The van der Waals surface area contributed by atoms with Gasteiger partial charge in [0.15, 0.2) is 0 Å². The minimum Gasteiger partial charge on any atom is -0.310 e. The van der Waals surface area contributed by atoms with Gasteiger partial charge >= 0.3 is 0 Å². The first kappa shape index (κ1) is 32.8. The molecule has 2 aliphatic rings. The lowest BCUT2D eigenvalue weighted by molar-refractivity contribution is 0.658. The van der Waals surface area contributed by atoms with Crippen molar-refractivity contribution in [2.45, 2.75) is 38.5 Å². The zero-order valence-corrected chi connectivity index (χ0v) is 32.2. The number of hydrogen-bond donors (Lipinski definition) is 0. The van der Waals surface area contributed by atoms with Crippen molar-refractivity contribution in [3.05, 3.63) is 204 Å². The van der Waals surface area contributed by atoms with Gasteiger partial charge in [0.1, 0.15) is 0 Å². The van der Waals surface area contributed by atoms with Crippen LogP contribution in [0.2, 0.25) is 0 Å². The summed E-state index contributed by atoms with van der Waals surface area (Å²) in [4.78, 5) is 2.51. The van der Waals surface area contributed by atoms with Gasteiger partial charge in [0, 0.05) is 38.7 Å². The summed E-state index contributed by atoms with van der Waals surface area (Å²) in [7, 11) is 0. The number of rotatable bonds is 5. The van der Waals surface area contributed by atoms with Gasteiger partial charge in [-0.25, -0.2) is 0 Å². The third-order valence-corrected chi connectivity index (χ3v) is 12.8. The van der Waals surface area contributed by atoms with Crippen molar-refractivity contribution >= 4 is 38.9 Å². The number of para-hydroxylation sites is 2. The fourth-order valence-corrected chi connectivity index (χ4v) is 10.1. The fraction of sp³-hybridized carbons (Fsp3) is 0.111. The first-order valence-electron chi connectivity index (χ1n) is 19.8. The number of aromatic nitrogens is 1. The molecular weight excluding hydrogens is 677 g/mol. The molecule has 8 aromatic carbocycles. The molecule has 56 heavy (non-hydrogen) atoms. The first-order valence-corrected chi connectivity index (χ1v) is 19.8. The summed E-state index contributed by atoms with van der Waals surface area (Å²) in [6.45, 7) is 9.51. The summed E-state index contributed by atoms with van der Waals surface area (Å²) in [6.07, 6.45) is 0. The van der Waals surface area contributed by atoms with E-state index in [1.165, 1.54) is 94.5 Å². The predicted octanol–water partition coefficient (Wildman–Crippen LogP) is 14.5. The highest BCUT2D eigenvalue weighted by atomic mass is 15.1. The van der Waals surface area contributed by atoms with Gasteiger partial charge in [0.05, 0.1) is 16.7 Å². The van der Waals surface area contributed by atoms with Crippen molar-refractivity contribution in [3.8, 4) is 39.1 Å². The van der Waals surface area contributed by atoms with E-state index >= 15 is 0 Å². The molecule has 0 amide bonds. The van der Waals surface area contributed by atoms with Crippen LogP contribution in [0.4, 0.5) is 17.1 Å². The second kappa shape index (κ2) is 11.9. The quantitative estimate of drug-likeness (QED) is 0.172. The fourth-order valence-electron chi connectivity index (χ4n) is 10.1. The molecule has 0 N–H and O–H groups in total. The molecule has 1 aromatic heterocycles. The van der Waals surface area contributed by atoms with E-state index in [0.717, 1.165) is 5.69 Å². The Hall–Kier alpha value is -6.64. The number of anilines is 3. The van der Waals surface area contributed by atoms with Crippen molar-refractivity contribution in [2.75, 3.05) is 4.90 Å². The first-order chi connectivity index (χ1) is 27.3. The van der Waals surface area contributed by atoms with E-state index in [1.807, 2.05) is 0 Å². The van der Waals surface area contributed by atoms with Crippen LogP contribution >= 0.6 is 0 Å². The molecular formula is C54H42N2. The van der Waals surface area contributed by atoms with Crippen molar-refractivity contribution in [1.29, 1.82) is 0 Å². The molecule has 1 heterocycles. The molecule has 0 unspecified atom stereocenters. The maximum Gasteiger partial charge on any atom is 0.0541 e. The Labute approximate surface area is 328 Å². The molecule has 0 fully saturated rings. The second-order valence-electron chi connectivity index (χ2n) is 16.6. The van der Waals surface area contributed by atoms with Crippen molar-refractivity contribution in [1.82, 2.24) is 4.57 Å². The molecule has 0 saturated heterocycles. The van der Waals surface area contributed by atoms with E-state index in [1.54, 1.807) is 0 Å². The van der Waals surface area contributed by atoms with Crippen LogP contribution in [0.3, 0.4) is 0 Å².